The van der Waals surface area contributed by atoms with Crippen LogP contribution in [0.1, 0.15) is 16.8 Å². The van der Waals surface area contributed by atoms with E-state index in [1.165, 1.54) is 5.56 Å². The number of fused-ring (bicyclic) bond motifs is 1. The highest BCUT2D eigenvalue weighted by molar-refractivity contribution is 5.79. The minimum atomic E-state index is 0.700. The third kappa shape index (κ3) is 3.27. The zero-order valence-corrected chi connectivity index (χ0v) is 13.9. The summed E-state index contributed by atoms with van der Waals surface area (Å²) in [6.07, 6.45) is 0. The molecule has 2 heteroatoms. The lowest BCUT2D eigenvalue weighted by Gasteiger charge is -2.06. The van der Waals surface area contributed by atoms with Gasteiger partial charge >= 0.3 is 0 Å². The highest BCUT2D eigenvalue weighted by Gasteiger charge is 2.09. The maximum absolute atomic E-state index is 4.81. The molecule has 0 unspecified atom stereocenters. The molecule has 25 heavy (non-hydrogen) atoms. The standard InChI is InChI=1S/C23H16N2/c1-17-11-13-18(14-12-17)15-16-22-23(19-7-3-2-4-8-19)25-21-10-6-5-9-20(21)24-22/h2-14H,1H3. The molecule has 0 fully saturated rings. The average Bonchev–Trinajstić information content (AvgIpc) is 2.67. The molecule has 0 N–H and O–H groups in total. The van der Waals surface area contributed by atoms with Crippen molar-refractivity contribution in [2.75, 3.05) is 0 Å². The predicted octanol–water partition coefficient (Wildman–Crippen LogP) is 5.01. The summed E-state index contributed by atoms with van der Waals surface area (Å²) in [4.78, 5) is 9.55. The summed E-state index contributed by atoms with van der Waals surface area (Å²) in [6.45, 7) is 2.07. The summed E-state index contributed by atoms with van der Waals surface area (Å²) in [5.41, 5.74) is 6.47. The van der Waals surface area contributed by atoms with E-state index in [2.05, 4.69) is 30.9 Å². The first-order valence-electron chi connectivity index (χ1n) is 8.20. The number of aryl methyl sites for hydroxylation is 1. The van der Waals surface area contributed by atoms with Crippen LogP contribution in [-0.2, 0) is 0 Å². The Kier molecular flexibility index (Phi) is 3.98. The van der Waals surface area contributed by atoms with E-state index in [0.717, 1.165) is 27.9 Å². The van der Waals surface area contributed by atoms with Crippen molar-refractivity contribution < 1.29 is 0 Å². The second-order valence-electron chi connectivity index (χ2n) is 5.89. The molecule has 1 heterocycles. The molecule has 3 aromatic carbocycles. The third-order valence-corrected chi connectivity index (χ3v) is 3.99. The number of aromatic nitrogens is 2. The smallest absolute Gasteiger partial charge is 0.140 e. The van der Waals surface area contributed by atoms with Crippen molar-refractivity contribution in [2.24, 2.45) is 0 Å². The normalized spacial score (nSPS) is 10.3. The average molecular weight is 320 g/mol. The fourth-order valence-corrected chi connectivity index (χ4v) is 2.65. The maximum atomic E-state index is 4.81. The Morgan fingerprint density at radius 2 is 1.28 bits per heavy atom. The third-order valence-electron chi connectivity index (χ3n) is 3.99. The molecule has 0 saturated carbocycles. The van der Waals surface area contributed by atoms with Gasteiger partial charge in [0.15, 0.2) is 0 Å². The molecule has 0 atom stereocenters. The Labute approximate surface area is 147 Å². The molecule has 118 valence electrons. The molecule has 0 amide bonds. The Morgan fingerprint density at radius 1 is 0.640 bits per heavy atom. The first-order valence-corrected chi connectivity index (χ1v) is 8.20. The van der Waals surface area contributed by atoms with E-state index in [4.69, 9.17) is 9.97 Å². The zero-order chi connectivity index (χ0) is 17.1. The van der Waals surface area contributed by atoms with Crippen molar-refractivity contribution in [3.8, 4) is 23.1 Å². The molecule has 0 bridgehead atoms. The van der Waals surface area contributed by atoms with Crippen molar-refractivity contribution in [3.05, 3.63) is 95.7 Å². The van der Waals surface area contributed by atoms with Gasteiger partial charge < -0.3 is 0 Å². The molecule has 0 radical (unpaired) electrons. The van der Waals surface area contributed by atoms with Gasteiger partial charge in [0.05, 0.1) is 11.0 Å². The van der Waals surface area contributed by atoms with Crippen molar-refractivity contribution in [2.45, 2.75) is 6.92 Å². The van der Waals surface area contributed by atoms with E-state index in [0.29, 0.717) is 5.69 Å². The maximum Gasteiger partial charge on any atom is 0.140 e. The van der Waals surface area contributed by atoms with Crippen LogP contribution in [0.3, 0.4) is 0 Å². The van der Waals surface area contributed by atoms with E-state index in [-0.39, 0.29) is 0 Å². The summed E-state index contributed by atoms with van der Waals surface area (Å²) < 4.78 is 0. The fraction of sp³-hybridized carbons (Fsp3) is 0.0435. The number of para-hydroxylation sites is 2. The lowest BCUT2D eigenvalue weighted by Crippen LogP contribution is -1.95. The van der Waals surface area contributed by atoms with Crippen LogP contribution in [0.4, 0.5) is 0 Å². The van der Waals surface area contributed by atoms with Crippen LogP contribution in [-0.4, -0.2) is 9.97 Å². The second-order valence-corrected chi connectivity index (χ2v) is 5.89. The van der Waals surface area contributed by atoms with Crippen molar-refractivity contribution in [1.29, 1.82) is 0 Å². The molecule has 2 nitrogen and oxygen atoms in total. The zero-order valence-electron chi connectivity index (χ0n) is 13.9. The minimum Gasteiger partial charge on any atom is -0.243 e. The van der Waals surface area contributed by atoms with E-state index in [1.807, 2.05) is 66.7 Å². The molecule has 0 aliphatic heterocycles. The summed E-state index contributed by atoms with van der Waals surface area (Å²) in [6, 6.07) is 26.1. The highest BCUT2D eigenvalue weighted by atomic mass is 14.8. The number of hydrogen-bond acceptors (Lipinski definition) is 2. The first-order chi connectivity index (χ1) is 12.3. The van der Waals surface area contributed by atoms with E-state index < -0.39 is 0 Å². The predicted molar refractivity (Wildman–Crippen MR) is 102 cm³/mol. The van der Waals surface area contributed by atoms with Gasteiger partial charge in [0.25, 0.3) is 0 Å². The SMILES string of the molecule is Cc1ccc(C#Cc2nc3ccccc3nc2-c2ccccc2)cc1. The van der Waals surface area contributed by atoms with Crippen molar-refractivity contribution in [3.63, 3.8) is 0 Å². The Morgan fingerprint density at radius 3 is 2.00 bits per heavy atom. The van der Waals surface area contributed by atoms with Gasteiger partial charge in [-0.25, -0.2) is 9.97 Å². The van der Waals surface area contributed by atoms with E-state index in [1.54, 1.807) is 0 Å². The lowest BCUT2D eigenvalue weighted by molar-refractivity contribution is 1.26. The van der Waals surface area contributed by atoms with Crippen LogP contribution < -0.4 is 0 Å². The Hall–Kier alpha value is -3.44. The van der Waals surface area contributed by atoms with Crippen LogP contribution in [0.25, 0.3) is 22.3 Å². The van der Waals surface area contributed by atoms with Gasteiger partial charge in [-0.3, -0.25) is 0 Å². The molecule has 0 aliphatic rings. The molecular formula is C23H16N2. The van der Waals surface area contributed by atoms with Gasteiger partial charge in [0, 0.05) is 11.1 Å². The van der Waals surface area contributed by atoms with E-state index in [9.17, 15) is 0 Å². The molecule has 0 saturated heterocycles. The highest BCUT2D eigenvalue weighted by Crippen LogP contribution is 2.22. The topological polar surface area (TPSA) is 25.8 Å². The monoisotopic (exact) mass is 320 g/mol. The molecule has 0 aliphatic carbocycles. The summed E-state index contributed by atoms with van der Waals surface area (Å²) in [5.74, 6) is 6.43. The van der Waals surface area contributed by atoms with Gasteiger partial charge in [0.2, 0.25) is 0 Å². The van der Waals surface area contributed by atoms with Crippen molar-refractivity contribution in [1.82, 2.24) is 9.97 Å². The largest absolute Gasteiger partial charge is 0.243 e. The van der Waals surface area contributed by atoms with Gasteiger partial charge in [0.1, 0.15) is 11.4 Å². The summed E-state index contributed by atoms with van der Waals surface area (Å²) in [7, 11) is 0. The number of hydrogen-bond donors (Lipinski definition) is 0. The van der Waals surface area contributed by atoms with Crippen LogP contribution in [0, 0.1) is 18.8 Å². The van der Waals surface area contributed by atoms with Gasteiger partial charge in [-0.15, -0.1) is 0 Å². The number of benzene rings is 3. The number of rotatable bonds is 1. The molecular weight excluding hydrogens is 304 g/mol. The van der Waals surface area contributed by atoms with Crippen LogP contribution >= 0.6 is 0 Å². The summed E-state index contributed by atoms with van der Waals surface area (Å²) >= 11 is 0. The summed E-state index contributed by atoms with van der Waals surface area (Å²) in [5, 5.41) is 0. The van der Waals surface area contributed by atoms with Crippen LogP contribution in [0.2, 0.25) is 0 Å². The molecule has 0 spiro atoms. The van der Waals surface area contributed by atoms with Gasteiger partial charge in [-0.2, -0.15) is 0 Å². The first kappa shape index (κ1) is 15.1. The molecule has 4 aromatic rings. The van der Waals surface area contributed by atoms with Crippen LogP contribution in [0.15, 0.2) is 78.9 Å². The second kappa shape index (κ2) is 6.59. The number of nitrogens with zero attached hydrogens (tertiary/aromatic N) is 2. The quantitative estimate of drug-likeness (QED) is 0.461. The van der Waals surface area contributed by atoms with Crippen molar-refractivity contribution >= 4 is 11.0 Å². The fourth-order valence-electron chi connectivity index (χ4n) is 2.65. The lowest BCUT2D eigenvalue weighted by atomic mass is 10.1. The molecule has 1 aromatic heterocycles. The minimum absolute atomic E-state index is 0.700. The van der Waals surface area contributed by atoms with Gasteiger partial charge in [-0.05, 0) is 37.1 Å². The van der Waals surface area contributed by atoms with E-state index >= 15 is 0 Å². The van der Waals surface area contributed by atoms with Crippen LogP contribution in [0.5, 0.6) is 0 Å². The Bertz CT molecular complexity index is 1090. The van der Waals surface area contributed by atoms with Gasteiger partial charge in [-0.1, -0.05) is 66.1 Å². The molecule has 4 rings (SSSR count). The Balaban J connectivity index is 1.88.